The van der Waals surface area contributed by atoms with Crippen LogP contribution in [-0.4, -0.2) is 13.0 Å². The van der Waals surface area contributed by atoms with E-state index in [-0.39, 0.29) is 0 Å². The molecule has 2 heterocycles. The molecule has 2 N–H and O–H groups in total. The van der Waals surface area contributed by atoms with Crippen molar-refractivity contribution >= 4 is 22.6 Å². The van der Waals surface area contributed by atoms with Crippen molar-refractivity contribution in [3.05, 3.63) is 16.5 Å². The van der Waals surface area contributed by atoms with E-state index in [1.807, 2.05) is 6.07 Å². The molecule has 58 valence electrons. The third-order valence-corrected chi connectivity index (χ3v) is 2.69. The topological polar surface area (TPSA) is 41.1 Å². The number of carbonyl (C=O) groups excluding carboxylic acids is 1. The predicted molar refractivity (Wildman–Crippen MR) is 45.0 cm³/mol. The molecule has 0 radical (unpaired) electrons. The molecule has 0 aliphatic carbocycles. The lowest BCUT2D eigenvalue weighted by molar-refractivity contribution is 0.112. The van der Waals surface area contributed by atoms with Gasteiger partial charge in [0.15, 0.2) is 6.29 Å². The average molecular weight is 168 g/mol. The summed E-state index contributed by atoms with van der Waals surface area (Å²) < 4.78 is 0. The Kier molecular flexibility index (Phi) is 1.63. The maximum Gasteiger partial charge on any atom is 0.160 e. The Labute approximate surface area is 68.4 Å². The normalized spacial score (nSPS) is 15.3. The minimum absolute atomic E-state index is 0.797. The van der Waals surface area contributed by atoms with Crippen molar-refractivity contribution in [3.63, 3.8) is 0 Å². The molecule has 4 heteroatoms. The molecule has 2 rings (SSSR count). The van der Waals surface area contributed by atoms with Crippen molar-refractivity contribution in [2.24, 2.45) is 0 Å². The summed E-state index contributed by atoms with van der Waals surface area (Å²) in [5, 5.41) is 7.45. The van der Waals surface area contributed by atoms with Crippen LogP contribution in [0.4, 0.5) is 5.00 Å². The summed E-state index contributed by atoms with van der Waals surface area (Å²) in [6.45, 7) is 1.67. The van der Waals surface area contributed by atoms with Crippen LogP contribution in [0.25, 0.3) is 0 Å². The summed E-state index contributed by atoms with van der Waals surface area (Å²) in [4.78, 5) is 11.2. The summed E-state index contributed by atoms with van der Waals surface area (Å²) in [6, 6.07) is 1.92. The van der Waals surface area contributed by atoms with E-state index in [2.05, 4.69) is 10.6 Å². The van der Waals surface area contributed by atoms with Crippen molar-refractivity contribution < 1.29 is 4.79 Å². The maximum atomic E-state index is 10.4. The molecular weight excluding hydrogens is 160 g/mol. The molecule has 1 aromatic rings. The summed E-state index contributed by atoms with van der Waals surface area (Å²) in [5.74, 6) is 0. The molecule has 0 spiro atoms. The zero-order valence-corrected chi connectivity index (χ0v) is 6.70. The maximum absolute atomic E-state index is 10.4. The lowest BCUT2D eigenvalue weighted by atomic mass is 10.2. The Hall–Kier alpha value is -0.870. The molecule has 0 amide bonds. The molecule has 0 bridgehead atoms. The third-order valence-electron chi connectivity index (χ3n) is 1.63. The molecular formula is C7H8N2OS. The van der Waals surface area contributed by atoms with Crippen LogP contribution in [0.2, 0.25) is 0 Å². The van der Waals surface area contributed by atoms with E-state index in [4.69, 9.17) is 0 Å². The van der Waals surface area contributed by atoms with Gasteiger partial charge >= 0.3 is 0 Å². The van der Waals surface area contributed by atoms with Crippen LogP contribution in [0.15, 0.2) is 6.07 Å². The molecule has 0 atom stereocenters. The Bertz CT molecular complexity index is 258. The largest absolute Gasteiger partial charge is 0.364 e. The number of rotatable bonds is 1. The fourth-order valence-corrected chi connectivity index (χ4v) is 2.02. The van der Waals surface area contributed by atoms with Gasteiger partial charge in [-0.1, -0.05) is 0 Å². The monoisotopic (exact) mass is 168 g/mol. The van der Waals surface area contributed by atoms with Gasteiger partial charge in [-0.25, -0.2) is 0 Å². The van der Waals surface area contributed by atoms with Crippen LogP contribution >= 0.6 is 11.3 Å². The lowest BCUT2D eigenvalue weighted by Gasteiger charge is -2.13. The number of nitrogens with one attached hydrogen (secondary N) is 2. The minimum atomic E-state index is 0.797. The van der Waals surface area contributed by atoms with E-state index < -0.39 is 0 Å². The molecule has 11 heavy (non-hydrogen) atoms. The second kappa shape index (κ2) is 2.64. The van der Waals surface area contributed by atoms with E-state index in [1.54, 1.807) is 0 Å². The van der Waals surface area contributed by atoms with Crippen molar-refractivity contribution in [1.29, 1.82) is 0 Å². The van der Waals surface area contributed by atoms with E-state index in [9.17, 15) is 4.79 Å². The third kappa shape index (κ3) is 1.15. The standard InChI is InChI=1S/C7H8N2OS/c10-3-6-1-5-2-8-4-9-7(5)11-6/h1,3,8-9H,2,4H2. The van der Waals surface area contributed by atoms with E-state index >= 15 is 0 Å². The van der Waals surface area contributed by atoms with Gasteiger partial charge in [-0.15, -0.1) is 11.3 Å². The highest BCUT2D eigenvalue weighted by Gasteiger charge is 2.10. The number of carbonyl (C=O) groups is 1. The fraction of sp³-hybridized carbons (Fsp3) is 0.286. The second-order valence-electron chi connectivity index (χ2n) is 2.40. The first-order chi connectivity index (χ1) is 5.40. The molecule has 0 saturated carbocycles. The molecule has 0 aromatic carbocycles. The number of hydrogen-bond donors (Lipinski definition) is 2. The quantitative estimate of drug-likeness (QED) is 0.615. The highest BCUT2D eigenvalue weighted by Crippen LogP contribution is 2.28. The van der Waals surface area contributed by atoms with Gasteiger partial charge in [0, 0.05) is 12.1 Å². The first-order valence-electron chi connectivity index (χ1n) is 3.42. The van der Waals surface area contributed by atoms with Crippen molar-refractivity contribution in [2.45, 2.75) is 6.54 Å². The minimum Gasteiger partial charge on any atom is -0.364 e. The Morgan fingerprint density at radius 1 is 1.64 bits per heavy atom. The van der Waals surface area contributed by atoms with Crippen molar-refractivity contribution in [3.8, 4) is 0 Å². The summed E-state index contributed by atoms with van der Waals surface area (Å²) in [6.07, 6.45) is 0.894. The second-order valence-corrected chi connectivity index (χ2v) is 3.49. The van der Waals surface area contributed by atoms with Gasteiger partial charge in [-0.05, 0) is 6.07 Å². The number of aldehydes is 1. The van der Waals surface area contributed by atoms with E-state index in [0.29, 0.717) is 0 Å². The van der Waals surface area contributed by atoms with Gasteiger partial charge in [0.1, 0.15) is 0 Å². The Morgan fingerprint density at radius 2 is 2.55 bits per heavy atom. The SMILES string of the molecule is O=Cc1cc2c(s1)NCNC2. The van der Waals surface area contributed by atoms with Gasteiger partial charge in [-0.3, -0.25) is 10.1 Å². The van der Waals surface area contributed by atoms with Crippen molar-refractivity contribution in [1.82, 2.24) is 5.32 Å². The molecule has 3 nitrogen and oxygen atoms in total. The highest BCUT2D eigenvalue weighted by molar-refractivity contribution is 7.17. The van der Waals surface area contributed by atoms with Crippen LogP contribution < -0.4 is 10.6 Å². The van der Waals surface area contributed by atoms with Gasteiger partial charge in [0.05, 0.1) is 16.5 Å². The van der Waals surface area contributed by atoms with Crippen molar-refractivity contribution in [2.75, 3.05) is 12.0 Å². The van der Waals surface area contributed by atoms with Gasteiger partial charge in [0.2, 0.25) is 0 Å². The van der Waals surface area contributed by atoms with Crippen LogP contribution in [0, 0.1) is 0 Å². The summed E-state index contributed by atoms with van der Waals surface area (Å²) >= 11 is 1.52. The number of hydrogen-bond acceptors (Lipinski definition) is 4. The molecule has 0 fully saturated rings. The number of fused-ring (bicyclic) bond motifs is 1. The average Bonchev–Trinajstić information content (AvgIpc) is 2.46. The van der Waals surface area contributed by atoms with Crippen LogP contribution in [0.1, 0.15) is 15.2 Å². The summed E-state index contributed by atoms with van der Waals surface area (Å²) in [7, 11) is 0. The van der Waals surface area contributed by atoms with Gasteiger partial charge < -0.3 is 5.32 Å². The summed E-state index contributed by atoms with van der Waals surface area (Å²) in [5.41, 5.74) is 1.20. The first kappa shape index (κ1) is 6.82. The molecule has 1 aliphatic rings. The van der Waals surface area contributed by atoms with E-state index in [0.717, 1.165) is 29.4 Å². The lowest BCUT2D eigenvalue weighted by Crippen LogP contribution is -2.26. The first-order valence-corrected chi connectivity index (χ1v) is 4.24. The molecule has 0 saturated heterocycles. The number of thiophene rings is 1. The predicted octanol–water partition coefficient (Wildman–Crippen LogP) is 1.03. The number of anilines is 1. The zero-order chi connectivity index (χ0) is 7.68. The smallest absolute Gasteiger partial charge is 0.160 e. The zero-order valence-electron chi connectivity index (χ0n) is 5.89. The van der Waals surface area contributed by atoms with E-state index in [1.165, 1.54) is 16.9 Å². The molecule has 1 aromatic heterocycles. The van der Waals surface area contributed by atoms with Crippen LogP contribution in [-0.2, 0) is 6.54 Å². The van der Waals surface area contributed by atoms with Gasteiger partial charge in [-0.2, -0.15) is 0 Å². The highest BCUT2D eigenvalue weighted by atomic mass is 32.1. The Morgan fingerprint density at radius 3 is 3.27 bits per heavy atom. The molecule has 1 aliphatic heterocycles. The molecule has 0 unspecified atom stereocenters. The van der Waals surface area contributed by atoms with Crippen LogP contribution in [0.3, 0.4) is 0 Å². The fourth-order valence-electron chi connectivity index (χ4n) is 1.13. The van der Waals surface area contributed by atoms with Crippen LogP contribution in [0.5, 0.6) is 0 Å². The Balaban J connectivity index is 2.39. The van der Waals surface area contributed by atoms with Gasteiger partial charge in [0.25, 0.3) is 0 Å².